The molecule has 2 heterocycles. The molecule has 1 aromatic carbocycles. The first kappa shape index (κ1) is 27.5. The van der Waals surface area contributed by atoms with Crippen LogP contribution in [0.4, 0.5) is 11.5 Å². The van der Waals surface area contributed by atoms with Crippen LogP contribution in [0.2, 0.25) is 0 Å². The predicted octanol–water partition coefficient (Wildman–Crippen LogP) is 4.21. The van der Waals surface area contributed by atoms with E-state index in [2.05, 4.69) is 20.0 Å². The fourth-order valence-electron chi connectivity index (χ4n) is 3.96. The van der Waals surface area contributed by atoms with Crippen LogP contribution in [0.25, 0.3) is 10.8 Å². The van der Waals surface area contributed by atoms with E-state index in [0.717, 1.165) is 16.5 Å². The van der Waals surface area contributed by atoms with Gasteiger partial charge in [0, 0.05) is 54.6 Å². The molecule has 0 radical (unpaired) electrons. The SMILES string of the molecule is CC(C)CN(CC(C)C)S(=O)(=O)N[C@@](C)(Cc1ccc(Nc2nccc3cnccc23)cc1)C(=O)O. The first-order valence-corrected chi connectivity index (χ1v) is 13.4. The molecule has 0 bridgehead atoms. The maximum atomic E-state index is 13.2. The van der Waals surface area contributed by atoms with Crippen molar-refractivity contribution in [2.75, 3.05) is 18.4 Å². The summed E-state index contributed by atoms with van der Waals surface area (Å²) in [5.74, 6) is -0.357. The Hall–Kier alpha value is -3.08. The molecule has 10 heteroatoms. The summed E-state index contributed by atoms with van der Waals surface area (Å²) in [7, 11) is -4.03. The number of nitrogens with one attached hydrogen (secondary N) is 2. The van der Waals surface area contributed by atoms with E-state index < -0.39 is 21.7 Å². The van der Waals surface area contributed by atoms with Crippen LogP contribution in [0.1, 0.15) is 40.2 Å². The minimum absolute atomic E-state index is 0.0166. The Morgan fingerprint density at radius 2 is 1.67 bits per heavy atom. The number of carbonyl (C=O) groups is 1. The lowest BCUT2D eigenvalue weighted by Crippen LogP contribution is -2.58. The van der Waals surface area contributed by atoms with Gasteiger partial charge in [0.25, 0.3) is 10.2 Å². The van der Waals surface area contributed by atoms with Crippen LogP contribution in [0.5, 0.6) is 0 Å². The zero-order valence-corrected chi connectivity index (χ0v) is 22.2. The van der Waals surface area contributed by atoms with Crippen molar-refractivity contribution < 1.29 is 18.3 Å². The summed E-state index contributed by atoms with van der Waals surface area (Å²) in [4.78, 5) is 20.8. The zero-order chi connectivity index (χ0) is 26.5. The van der Waals surface area contributed by atoms with Gasteiger partial charge < -0.3 is 10.4 Å². The number of rotatable bonds is 12. The van der Waals surface area contributed by atoms with E-state index in [-0.39, 0.29) is 18.3 Å². The number of carboxylic acid groups (broad SMARTS) is 1. The van der Waals surface area contributed by atoms with Crippen molar-refractivity contribution >= 4 is 38.5 Å². The second-order valence-electron chi connectivity index (χ2n) is 10.1. The third-order valence-corrected chi connectivity index (χ3v) is 7.33. The molecule has 3 aromatic rings. The van der Waals surface area contributed by atoms with Gasteiger partial charge in [-0.1, -0.05) is 39.8 Å². The van der Waals surface area contributed by atoms with Crippen molar-refractivity contribution in [1.82, 2.24) is 19.0 Å². The first-order chi connectivity index (χ1) is 16.9. The number of hydrogen-bond acceptors (Lipinski definition) is 6. The van der Waals surface area contributed by atoms with E-state index in [1.54, 1.807) is 30.7 Å². The van der Waals surface area contributed by atoms with Crippen LogP contribution in [-0.2, 0) is 21.4 Å². The summed E-state index contributed by atoms with van der Waals surface area (Å²) in [5.41, 5.74) is -0.264. The molecule has 194 valence electrons. The van der Waals surface area contributed by atoms with Crippen molar-refractivity contribution in [3.63, 3.8) is 0 Å². The largest absolute Gasteiger partial charge is 0.480 e. The highest BCUT2D eigenvalue weighted by molar-refractivity contribution is 7.87. The molecule has 0 aliphatic rings. The second kappa shape index (κ2) is 11.3. The highest BCUT2D eigenvalue weighted by Gasteiger charge is 2.40. The van der Waals surface area contributed by atoms with Crippen molar-refractivity contribution in [3.8, 4) is 0 Å². The average molecular weight is 514 g/mol. The molecule has 0 saturated carbocycles. The lowest BCUT2D eigenvalue weighted by Gasteiger charge is -2.32. The normalized spacial score (nSPS) is 13.9. The number of benzene rings is 1. The summed E-state index contributed by atoms with van der Waals surface area (Å²) < 4.78 is 30.2. The molecular weight excluding hydrogens is 478 g/mol. The van der Waals surface area contributed by atoms with E-state index in [0.29, 0.717) is 24.5 Å². The van der Waals surface area contributed by atoms with Crippen molar-refractivity contribution in [1.29, 1.82) is 0 Å². The Labute approximate surface area is 213 Å². The van der Waals surface area contributed by atoms with E-state index in [1.807, 2.05) is 52.0 Å². The zero-order valence-electron chi connectivity index (χ0n) is 21.4. The van der Waals surface area contributed by atoms with Gasteiger partial charge in [-0.2, -0.15) is 17.4 Å². The molecular formula is C26H35N5O4S. The predicted molar refractivity (Wildman–Crippen MR) is 142 cm³/mol. The number of fused-ring (bicyclic) bond motifs is 1. The third-order valence-electron chi connectivity index (χ3n) is 5.64. The highest BCUT2D eigenvalue weighted by atomic mass is 32.2. The molecule has 3 N–H and O–H groups in total. The highest BCUT2D eigenvalue weighted by Crippen LogP contribution is 2.25. The summed E-state index contributed by atoms with van der Waals surface area (Å²) in [6, 6.07) is 11.0. The van der Waals surface area contributed by atoms with Gasteiger partial charge in [-0.05, 0) is 48.6 Å². The number of pyridine rings is 2. The topological polar surface area (TPSA) is 125 Å². The quantitative estimate of drug-likeness (QED) is 0.331. The molecule has 1 atom stereocenters. The maximum Gasteiger partial charge on any atom is 0.324 e. The van der Waals surface area contributed by atoms with Crippen LogP contribution < -0.4 is 10.0 Å². The molecule has 0 fully saturated rings. The summed E-state index contributed by atoms with van der Waals surface area (Å²) in [5, 5.41) is 15.1. The van der Waals surface area contributed by atoms with Gasteiger partial charge in [-0.25, -0.2) is 4.98 Å². The molecule has 0 aliphatic carbocycles. The van der Waals surface area contributed by atoms with Gasteiger partial charge in [-0.15, -0.1) is 0 Å². The maximum absolute atomic E-state index is 13.2. The van der Waals surface area contributed by atoms with E-state index >= 15 is 0 Å². The van der Waals surface area contributed by atoms with Gasteiger partial charge in [0.15, 0.2) is 0 Å². The van der Waals surface area contributed by atoms with Crippen LogP contribution in [0.3, 0.4) is 0 Å². The van der Waals surface area contributed by atoms with Crippen molar-refractivity contribution in [2.45, 2.75) is 46.6 Å². The third kappa shape index (κ3) is 6.99. The molecule has 0 aliphatic heterocycles. The minimum atomic E-state index is -4.03. The van der Waals surface area contributed by atoms with E-state index in [1.165, 1.54) is 11.2 Å². The van der Waals surface area contributed by atoms with E-state index in [9.17, 15) is 18.3 Å². The van der Waals surface area contributed by atoms with Gasteiger partial charge in [-0.3, -0.25) is 9.78 Å². The summed E-state index contributed by atoms with van der Waals surface area (Å²) in [6.07, 6.45) is 5.16. The molecule has 0 saturated heterocycles. The Morgan fingerprint density at radius 1 is 1.03 bits per heavy atom. The number of aromatic nitrogens is 2. The molecule has 9 nitrogen and oxygen atoms in total. The smallest absolute Gasteiger partial charge is 0.324 e. The number of carboxylic acids is 1. The fraction of sp³-hybridized carbons (Fsp3) is 0.423. The average Bonchev–Trinajstić information content (AvgIpc) is 2.79. The molecule has 2 aromatic heterocycles. The van der Waals surface area contributed by atoms with E-state index in [4.69, 9.17) is 0 Å². The van der Waals surface area contributed by atoms with Gasteiger partial charge >= 0.3 is 5.97 Å². The standard InChI is InChI=1S/C26H35N5O4S/c1-18(2)16-31(17-19(3)4)36(34,35)30-26(5,25(32)33)14-20-6-8-22(9-7-20)29-24-23-11-12-27-15-21(23)10-13-28-24/h6-13,15,18-19,30H,14,16-17H2,1-5H3,(H,28,29)(H,32,33)/t26-/m0/s1. The Balaban J connectivity index is 1.79. The van der Waals surface area contributed by atoms with Gasteiger partial charge in [0.1, 0.15) is 11.4 Å². The Morgan fingerprint density at radius 3 is 2.25 bits per heavy atom. The number of hydrogen-bond donors (Lipinski definition) is 3. The lowest BCUT2D eigenvalue weighted by molar-refractivity contribution is -0.143. The molecule has 36 heavy (non-hydrogen) atoms. The number of nitrogens with zero attached hydrogens (tertiary/aromatic N) is 3. The first-order valence-electron chi connectivity index (χ1n) is 12.0. The number of anilines is 2. The minimum Gasteiger partial charge on any atom is -0.480 e. The van der Waals surface area contributed by atoms with Crippen LogP contribution in [-0.4, -0.2) is 52.4 Å². The summed E-state index contributed by atoms with van der Waals surface area (Å²) in [6.45, 7) is 9.73. The monoisotopic (exact) mass is 513 g/mol. The van der Waals surface area contributed by atoms with Gasteiger partial charge in [0.2, 0.25) is 0 Å². The Bertz CT molecular complexity index is 1280. The van der Waals surface area contributed by atoms with Crippen LogP contribution in [0, 0.1) is 11.8 Å². The van der Waals surface area contributed by atoms with Crippen molar-refractivity contribution in [2.24, 2.45) is 11.8 Å². The molecule has 0 amide bonds. The second-order valence-corrected chi connectivity index (χ2v) is 11.8. The van der Waals surface area contributed by atoms with Crippen molar-refractivity contribution in [3.05, 3.63) is 60.6 Å². The molecule has 0 spiro atoms. The number of aliphatic carboxylic acids is 1. The van der Waals surface area contributed by atoms with Gasteiger partial charge in [0.05, 0.1) is 0 Å². The molecule has 3 rings (SSSR count). The fourth-order valence-corrected chi connectivity index (χ4v) is 5.80. The molecule has 0 unspecified atom stereocenters. The van der Waals surface area contributed by atoms with Crippen LogP contribution in [0.15, 0.2) is 55.0 Å². The summed E-state index contributed by atoms with van der Waals surface area (Å²) >= 11 is 0. The Kier molecular flexibility index (Phi) is 8.65. The van der Waals surface area contributed by atoms with Crippen LogP contribution >= 0.6 is 0 Å². The lowest BCUT2D eigenvalue weighted by atomic mass is 9.94.